The van der Waals surface area contributed by atoms with E-state index in [1.807, 2.05) is 65.0 Å². The molecule has 200 valence electrons. The van der Waals surface area contributed by atoms with E-state index in [1.54, 1.807) is 0 Å². The first-order valence-corrected chi connectivity index (χ1v) is 13.4. The van der Waals surface area contributed by atoms with Gasteiger partial charge in [-0.05, 0) is 71.2 Å². The predicted molar refractivity (Wildman–Crippen MR) is 147 cm³/mol. The first kappa shape index (κ1) is 26.5. The van der Waals surface area contributed by atoms with Gasteiger partial charge in [-0.1, -0.05) is 42.5 Å². The molecule has 0 N–H and O–H groups in total. The summed E-state index contributed by atoms with van der Waals surface area (Å²) in [6.45, 7) is 9.31. The molecule has 1 aromatic heterocycles. The number of aromatic nitrogens is 1. The predicted octanol–water partition coefficient (Wildman–Crippen LogP) is 7.57. The normalized spacial score (nSPS) is 21.6. The lowest BCUT2D eigenvalue weighted by atomic mass is 9.92. The van der Waals surface area contributed by atoms with Crippen LogP contribution in [0.2, 0.25) is 0 Å². The fourth-order valence-electron chi connectivity index (χ4n) is 5.17. The minimum absolute atomic E-state index is 0.167. The molecule has 2 aromatic carbocycles. The van der Waals surface area contributed by atoms with Crippen molar-refractivity contribution in [2.24, 2.45) is 0 Å². The fourth-order valence-corrected chi connectivity index (χ4v) is 5.17. The number of fused-ring (bicyclic) bond motifs is 1. The Balaban J connectivity index is 1.51. The highest BCUT2D eigenvalue weighted by molar-refractivity contribution is 5.99. The first-order valence-electron chi connectivity index (χ1n) is 13.4. The molecule has 38 heavy (non-hydrogen) atoms. The minimum atomic E-state index is -0.847. The molecule has 2 heterocycles. The number of ether oxygens (including phenoxy) is 3. The van der Waals surface area contributed by atoms with Gasteiger partial charge in [0.25, 0.3) is 0 Å². The lowest BCUT2D eigenvalue weighted by Gasteiger charge is -2.39. The van der Waals surface area contributed by atoms with Gasteiger partial charge in [0.05, 0.1) is 29.8 Å². The average Bonchev–Trinajstić information content (AvgIpc) is 3.66. The smallest absolute Gasteiger partial charge is 0.308 e. The monoisotopic (exact) mass is 517 g/mol. The summed E-state index contributed by atoms with van der Waals surface area (Å²) in [5.41, 5.74) is 4.49. The first-order chi connectivity index (χ1) is 18.0. The van der Waals surface area contributed by atoms with Crippen LogP contribution in [0, 0.1) is 5.82 Å². The summed E-state index contributed by atoms with van der Waals surface area (Å²) in [7, 11) is 0. The van der Waals surface area contributed by atoms with Crippen LogP contribution in [0.3, 0.4) is 0 Å². The summed E-state index contributed by atoms with van der Waals surface area (Å²) in [6.07, 6.45) is 6.48. The average molecular weight is 518 g/mol. The molecule has 0 spiro atoms. The Morgan fingerprint density at radius 2 is 1.82 bits per heavy atom. The standard InChI is InChI=1S/C32H36FNO4/c1-31(2,3)38-28(35)19-24-18-23(36-32(4,5)37-24)16-17-26-29(20-12-14-22(33)15-13-20)25-8-6-7-9-27(25)34-30(26)21-10-11-21/h6-9,12-17,21,23-24H,10-11,18-19H2,1-5H3/b17-16-/t23-,24-/m1/s1. The van der Waals surface area contributed by atoms with Gasteiger partial charge in [0, 0.05) is 28.9 Å². The number of carbonyl (C=O) groups excluding carboxylic acids is 1. The number of nitrogens with zero attached hydrogens (tertiary/aromatic N) is 1. The van der Waals surface area contributed by atoms with E-state index < -0.39 is 11.4 Å². The molecule has 2 fully saturated rings. The van der Waals surface area contributed by atoms with Crippen molar-refractivity contribution < 1.29 is 23.4 Å². The second-order valence-electron chi connectivity index (χ2n) is 11.8. The molecule has 1 aliphatic heterocycles. The second-order valence-corrected chi connectivity index (χ2v) is 11.8. The molecule has 0 amide bonds. The van der Waals surface area contributed by atoms with Crippen molar-refractivity contribution in [2.45, 2.75) is 89.8 Å². The van der Waals surface area contributed by atoms with Crippen molar-refractivity contribution in [2.75, 3.05) is 0 Å². The van der Waals surface area contributed by atoms with Gasteiger partial charge in [-0.2, -0.15) is 0 Å². The van der Waals surface area contributed by atoms with Crippen LogP contribution in [0.15, 0.2) is 54.6 Å². The molecular formula is C32H36FNO4. The summed E-state index contributed by atoms with van der Waals surface area (Å²) >= 11 is 0. The molecule has 1 saturated carbocycles. The van der Waals surface area contributed by atoms with E-state index >= 15 is 0 Å². The van der Waals surface area contributed by atoms with Crippen LogP contribution in [0.1, 0.15) is 77.5 Å². The Morgan fingerprint density at radius 1 is 1.11 bits per heavy atom. The Morgan fingerprint density at radius 3 is 2.50 bits per heavy atom. The molecular weight excluding hydrogens is 481 g/mol. The van der Waals surface area contributed by atoms with E-state index in [0.717, 1.165) is 46.1 Å². The minimum Gasteiger partial charge on any atom is -0.460 e. The van der Waals surface area contributed by atoms with Crippen LogP contribution in [-0.2, 0) is 19.0 Å². The Hall–Kier alpha value is -3.09. The van der Waals surface area contributed by atoms with Gasteiger partial charge < -0.3 is 14.2 Å². The summed E-state index contributed by atoms with van der Waals surface area (Å²) in [5, 5.41) is 1.03. The zero-order chi connectivity index (χ0) is 27.1. The summed E-state index contributed by atoms with van der Waals surface area (Å²) in [6, 6.07) is 14.8. The van der Waals surface area contributed by atoms with Crippen LogP contribution in [-0.4, -0.2) is 34.5 Å². The lowest BCUT2D eigenvalue weighted by Crippen LogP contribution is -2.45. The molecule has 2 atom stereocenters. The van der Waals surface area contributed by atoms with Crippen molar-refractivity contribution in [1.29, 1.82) is 0 Å². The van der Waals surface area contributed by atoms with Crippen molar-refractivity contribution in [3.8, 4) is 11.1 Å². The number of hydrogen-bond acceptors (Lipinski definition) is 5. The number of rotatable bonds is 6. The number of halogens is 1. The van der Waals surface area contributed by atoms with Gasteiger partial charge in [0.15, 0.2) is 5.79 Å². The molecule has 1 aliphatic carbocycles. The molecule has 0 unspecified atom stereocenters. The van der Waals surface area contributed by atoms with Gasteiger partial charge in [-0.3, -0.25) is 9.78 Å². The maximum atomic E-state index is 13.8. The van der Waals surface area contributed by atoms with E-state index in [9.17, 15) is 9.18 Å². The highest BCUT2D eigenvalue weighted by Crippen LogP contribution is 2.45. The largest absolute Gasteiger partial charge is 0.460 e. The van der Waals surface area contributed by atoms with Gasteiger partial charge >= 0.3 is 5.97 Å². The van der Waals surface area contributed by atoms with Crippen molar-refractivity contribution >= 4 is 22.9 Å². The zero-order valence-corrected chi connectivity index (χ0v) is 22.8. The van der Waals surface area contributed by atoms with Crippen molar-refractivity contribution in [3.05, 3.63) is 71.7 Å². The SMILES string of the molecule is CC(C)(C)OC(=O)C[C@H]1C[C@@H](/C=C\c2c(C3CC3)nc3ccccc3c2-c2ccc(F)cc2)OC(C)(C)O1. The molecule has 2 aliphatic rings. The number of pyridine rings is 1. The zero-order valence-electron chi connectivity index (χ0n) is 22.8. The molecule has 0 radical (unpaired) electrons. The van der Waals surface area contributed by atoms with Crippen LogP contribution in [0.5, 0.6) is 0 Å². The summed E-state index contributed by atoms with van der Waals surface area (Å²) in [4.78, 5) is 17.6. The third kappa shape index (κ3) is 6.30. The van der Waals surface area contributed by atoms with Crippen LogP contribution >= 0.6 is 0 Å². The van der Waals surface area contributed by atoms with Gasteiger partial charge in [-0.25, -0.2) is 4.39 Å². The van der Waals surface area contributed by atoms with Gasteiger partial charge in [-0.15, -0.1) is 0 Å². The van der Waals surface area contributed by atoms with Gasteiger partial charge in [0.1, 0.15) is 11.4 Å². The van der Waals surface area contributed by atoms with E-state index in [-0.39, 0.29) is 30.4 Å². The maximum Gasteiger partial charge on any atom is 0.308 e. The molecule has 5 nitrogen and oxygen atoms in total. The highest BCUT2D eigenvalue weighted by Gasteiger charge is 2.36. The highest BCUT2D eigenvalue weighted by atomic mass is 19.1. The van der Waals surface area contributed by atoms with E-state index in [2.05, 4.69) is 18.2 Å². The van der Waals surface area contributed by atoms with Crippen LogP contribution in [0.25, 0.3) is 28.1 Å². The molecule has 3 aromatic rings. The Labute approximate surface area is 224 Å². The number of benzene rings is 2. The maximum absolute atomic E-state index is 13.8. The van der Waals surface area contributed by atoms with Crippen molar-refractivity contribution in [1.82, 2.24) is 4.98 Å². The number of hydrogen-bond donors (Lipinski definition) is 0. The number of esters is 1. The second kappa shape index (κ2) is 10.2. The number of para-hydroxylation sites is 1. The number of carbonyl (C=O) groups is 1. The molecule has 5 rings (SSSR count). The van der Waals surface area contributed by atoms with E-state index in [1.165, 1.54) is 12.1 Å². The summed E-state index contributed by atoms with van der Waals surface area (Å²) in [5.74, 6) is -0.983. The fraction of sp³-hybridized carbons (Fsp3) is 0.438. The molecule has 1 saturated heterocycles. The summed E-state index contributed by atoms with van der Waals surface area (Å²) < 4.78 is 31.7. The quantitative estimate of drug-likeness (QED) is 0.316. The van der Waals surface area contributed by atoms with Crippen molar-refractivity contribution in [3.63, 3.8) is 0 Å². The Bertz CT molecular complexity index is 1350. The molecule has 6 heteroatoms. The Kier molecular flexibility index (Phi) is 7.14. The van der Waals surface area contributed by atoms with Gasteiger partial charge in [0.2, 0.25) is 0 Å². The third-order valence-corrected chi connectivity index (χ3v) is 6.73. The molecule has 0 bridgehead atoms. The van der Waals surface area contributed by atoms with E-state index in [4.69, 9.17) is 19.2 Å². The lowest BCUT2D eigenvalue weighted by molar-refractivity contribution is -0.290. The van der Waals surface area contributed by atoms with Crippen LogP contribution in [0.4, 0.5) is 4.39 Å². The third-order valence-electron chi connectivity index (χ3n) is 6.73. The van der Waals surface area contributed by atoms with E-state index in [0.29, 0.717) is 12.3 Å². The topological polar surface area (TPSA) is 57.7 Å². The van der Waals surface area contributed by atoms with Crippen LogP contribution < -0.4 is 0 Å².